The Hall–Kier alpha value is -0.820. The second kappa shape index (κ2) is 8.58. The van der Waals surface area contributed by atoms with Gasteiger partial charge in [0.25, 0.3) is 0 Å². The van der Waals surface area contributed by atoms with Gasteiger partial charge >= 0.3 is 0 Å². The number of benzene rings is 1. The summed E-state index contributed by atoms with van der Waals surface area (Å²) in [6, 6.07) is 9.00. The van der Waals surface area contributed by atoms with Crippen molar-refractivity contribution >= 4 is 0 Å². The molecule has 0 saturated carbocycles. The molecule has 0 saturated heterocycles. The summed E-state index contributed by atoms with van der Waals surface area (Å²) in [6.45, 7) is 14.7. The fourth-order valence-corrected chi connectivity index (χ4v) is 2.96. The molecule has 0 radical (unpaired) electrons. The van der Waals surface area contributed by atoms with Crippen LogP contribution in [-0.2, 0) is 6.42 Å². The molecule has 1 N–H and O–H groups in total. The topological polar surface area (TPSA) is 12.0 Å². The van der Waals surface area contributed by atoms with Crippen LogP contribution in [0.15, 0.2) is 24.3 Å². The molecule has 0 aliphatic carbocycles. The highest BCUT2D eigenvalue weighted by atomic mass is 14.9. The van der Waals surface area contributed by atoms with Crippen molar-refractivity contribution in [3.8, 4) is 0 Å². The molecular weight excluding hydrogens is 254 g/mol. The minimum absolute atomic E-state index is 0.207. The molecule has 0 fully saturated rings. The highest BCUT2D eigenvalue weighted by Crippen LogP contribution is 2.23. The van der Waals surface area contributed by atoms with Crippen LogP contribution in [0.1, 0.15) is 65.0 Å². The third-order valence-corrected chi connectivity index (χ3v) is 4.35. The van der Waals surface area contributed by atoms with Crippen LogP contribution >= 0.6 is 0 Å². The predicted octanol–water partition coefficient (Wildman–Crippen LogP) is 5.37. The first-order chi connectivity index (χ1) is 9.84. The van der Waals surface area contributed by atoms with E-state index < -0.39 is 0 Å². The van der Waals surface area contributed by atoms with Crippen molar-refractivity contribution in [3.63, 3.8) is 0 Å². The molecule has 0 aliphatic rings. The highest BCUT2D eigenvalue weighted by Gasteiger charge is 2.18. The van der Waals surface area contributed by atoms with Crippen LogP contribution in [-0.4, -0.2) is 12.1 Å². The normalized spacial score (nSPS) is 13.7. The van der Waals surface area contributed by atoms with Gasteiger partial charge in [-0.25, -0.2) is 0 Å². The van der Waals surface area contributed by atoms with E-state index >= 15 is 0 Å². The zero-order valence-electron chi connectivity index (χ0n) is 15.0. The molecule has 21 heavy (non-hydrogen) atoms. The fraction of sp³-hybridized carbons (Fsp3) is 0.700. The van der Waals surface area contributed by atoms with E-state index in [-0.39, 0.29) is 5.54 Å². The average molecular weight is 290 g/mol. The Balaban J connectivity index is 2.70. The van der Waals surface area contributed by atoms with Crippen LogP contribution in [0.25, 0.3) is 0 Å². The smallest absolute Gasteiger partial charge is 0.00966 e. The second-order valence-electron chi connectivity index (χ2n) is 7.61. The van der Waals surface area contributed by atoms with Crippen molar-refractivity contribution in [1.29, 1.82) is 0 Å². The standard InChI is InChI=1S/C20H35N/c1-7-17(8-2)13-19(15-21-20(4,5)6)14-18-11-9-10-16(3)12-18/h9-12,17,19,21H,7-8,13-15H2,1-6H3. The lowest BCUT2D eigenvalue weighted by Gasteiger charge is -2.27. The number of nitrogens with one attached hydrogen (secondary N) is 1. The van der Waals surface area contributed by atoms with E-state index in [1.165, 1.54) is 36.8 Å². The minimum Gasteiger partial charge on any atom is -0.312 e. The Kier molecular flexibility index (Phi) is 7.45. The Morgan fingerprint density at radius 3 is 2.24 bits per heavy atom. The predicted molar refractivity (Wildman–Crippen MR) is 94.8 cm³/mol. The molecule has 0 bridgehead atoms. The first kappa shape index (κ1) is 18.2. The molecule has 0 aromatic heterocycles. The van der Waals surface area contributed by atoms with Crippen molar-refractivity contribution in [3.05, 3.63) is 35.4 Å². The zero-order chi connectivity index (χ0) is 15.9. The van der Waals surface area contributed by atoms with Gasteiger partial charge in [-0.3, -0.25) is 0 Å². The van der Waals surface area contributed by atoms with Gasteiger partial charge in [0.2, 0.25) is 0 Å². The molecule has 1 heteroatoms. The first-order valence-corrected chi connectivity index (χ1v) is 8.64. The third kappa shape index (κ3) is 7.66. The van der Waals surface area contributed by atoms with Gasteiger partial charge in [-0.05, 0) is 64.5 Å². The summed E-state index contributed by atoms with van der Waals surface area (Å²) in [5, 5.41) is 3.71. The van der Waals surface area contributed by atoms with Crippen LogP contribution in [0.3, 0.4) is 0 Å². The molecule has 1 nitrogen and oxygen atoms in total. The number of rotatable bonds is 8. The van der Waals surface area contributed by atoms with Crippen LogP contribution < -0.4 is 5.32 Å². The van der Waals surface area contributed by atoms with E-state index in [1.54, 1.807) is 0 Å². The lowest BCUT2D eigenvalue weighted by atomic mass is 9.86. The molecule has 0 heterocycles. The van der Waals surface area contributed by atoms with Crippen LogP contribution in [0.4, 0.5) is 0 Å². The molecule has 1 rings (SSSR count). The lowest BCUT2D eigenvalue weighted by molar-refractivity contribution is 0.306. The molecule has 1 atom stereocenters. The van der Waals surface area contributed by atoms with Crippen molar-refractivity contribution < 1.29 is 0 Å². The fourth-order valence-electron chi connectivity index (χ4n) is 2.96. The SMILES string of the molecule is CCC(CC)CC(CNC(C)(C)C)Cc1cccc(C)c1. The lowest BCUT2D eigenvalue weighted by Crippen LogP contribution is -2.40. The summed E-state index contributed by atoms with van der Waals surface area (Å²) < 4.78 is 0. The van der Waals surface area contributed by atoms with E-state index in [4.69, 9.17) is 0 Å². The van der Waals surface area contributed by atoms with Gasteiger partial charge in [0.15, 0.2) is 0 Å². The molecule has 1 aromatic rings. The minimum atomic E-state index is 0.207. The number of hydrogen-bond acceptors (Lipinski definition) is 1. The molecule has 0 amide bonds. The second-order valence-corrected chi connectivity index (χ2v) is 7.61. The highest BCUT2D eigenvalue weighted by molar-refractivity contribution is 5.22. The summed E-state index contributed by atoms with van der Waals surface area (Å²) >= 11 is 0. The maximum Gasteiger partial charge on any atom is 0.00966 e. The molecule has 1 aromatic carbocycles. The zero-order valence-corrected chi connectivity index (χ0v) is 15.0. The van der Waals surface area contributed by atoms with Gasteiger partial charge in [-0.1, -0.05) is 56.5 Å². The van der Waals surface area contributed by atoms with E-state index in [1.807, 2.05) is 0 Å². The quantitative estimate of drug-likeness (QED) is 0.678. The Bertz CT molecular complexity index is 399. The van der Waals surface area contributed by atoms with E-state index in [0.717, 1.165) is 18.4 Å². The van der Waals surface area contributed by atoms with Gasteiger partial charge < -0.3 is 5.32 Å². The van der Waals surface area contributed by atoms with Crippen LogP contribution in [0.2, 0.25) is 0 Å². The first-order valence-electron chi connectivity index (χ1n) is 8.64. The van der Waals surface area contributed by atoms with Crippen molar-refractivity contribution in [2.75, 3.05) is 6.54 Å². The molecule has 120 valence electrons. The van der Waals surface area contributed by atoms with Gasteiger partial charge in [0.05, 0.1) is 0 Å². The molecule has 1 unspecified atom stereocenters. The number of hydrogen-bond donors (Lipinski definition) is 1. The summed E-state index contributed by atoms with van der Waals surface area (Å²) in [6.07, 6.45) is 5.14. The number of aryl methyl sites for hydroxylation is 1. The van der Waals surface area contributed by atoms with Crippen LogP contribution in [0, 0.1) is 18.8 Å². The Labute approximate surface area is 132 Å². The Morgan fingerprint density at radius 2 is 1.71 bits per heavy atom. The summed E-state index contributed by atoms with van der Waals surface area (Å²) in [4.78, 5) is 0. The van der Waals surface area contributed by atoms with Gasteiger partial charge in [-0.2, -0.15) is 0 Å². The van der Waals surface area contributed by atoms with E-state index in [9.17, 15) is 0 Å². The van der Waals surface area contributed by atoms with Crippen molar-refractivity contribution in [2.24, 2.45) is 11.8 Å². The largest absolute Gasteiger partial charge is 0.312 e. The molecule has 0 aliphatic heterocycles. The summed E-state index contributed by atoms with van der Waals surface area (Å²) in [7, 11) is 0. The maximum atomic E-state index is 3.71. The van der Waals surface area contributed by atoms with Gasteiger partial charge in [-0.15, -0.1) is 0 Å². The van der Waals surface area contributed by atoms with Crippen molar-refractivity contribution in [2.45, 2.75) is 72.8 Å². The monoisotopic (exact) mass is 289 g/mol. The van der Waals surface area contributed by atoms with Crippen molar-refractivity contribution in [1.82, 2.24) is 5.32 Å². The van der Waals surface area contributed by atoms with E-state index in [2.05, 4.69) is 71.1 Å². The molecule has 0 spiro atoms. The third-order valence-electron chi connectivity index (χ3n) is 4.35. The van der Waals surface area contributed by atoms with Gasteiger partial charge in [0, 0.05) is 5.54 Å². The maximum absolute atomic E-state index is 3.71. The Morgan fingerprint density at radius 1 is 1.05 bits per heavy atom. The molecular formula is C20H35N. The van der Waals surface area contributed by atoms with E-state index in [0.29, 0.717) is 0 Å². The summed E-state index contributed by atoms with van der Waals surface area (Å²) in [5.41, 5.74) is 3.07. The van der Waals surface area contributed by atoms with Crippen LogP contribution in [0.5, 0.6) is 0 Å². The summed E-state index contributed by atoms with van der Waals surface area (Å²) in [5.74, 6) is 1.59. The van der Waals surface area contributed by atoms with Gasteiger partial charge in [0.1, 0.15) is 0 Å². The average Bonchev–Trinajstić information content (AvgIpc) is 2.41.